The molecule has 3 heteroatoms. The predicted molar refractivity (Wildman–Crippen MR) is 73.9 cm³/mol. The lowest BCUT2D eigenvalue weighted by atomic mass is 9.83. The second kappa shape index (κ2) is 4.73. The summed E-state index contributed by atoms with van der Waals surface area (Å²) in [6.07, 6.45) is 6.72. The summed E-state index contributed by atoms with van der Waals surface area (Å²) in [6, 6.07) is 4.06. The van der Waals surface area contributed by atoms with E-state index < -0.39 is 0 Å². The molecule has 2 aliphatic rings. The number of aromatic nitrogens is 1. The van der Waals surface area contributed by atoms with Crippen LogP contribution in [0, 0.1) is 11.8 Å². The van der Waals surface area contributed by atoms with Gasteiger partial charge in [-0.15, -0.1) is 0 Å². The fraction of sp³-hybridized carbons (Fsp3) is 0.533. The van der Waals surface area contributed by atoms with E-state index in [9.17, 15) is 0 Å². The number of nitrogen functional groups attached to an aromatic ring is 1. The van der Waals surface area contributed by atoms with E-state index in [4.69, 9.17) is 5.73 Å². The number of hydrogen-bond donors (Lipinski definition) is 1. The molecule has 0 amide bonds. The number of likely N-dealkylation sites (tertiary alicyclic amines) is 1. The summed E-state index contributed by atoms with van der Waals surface area (Å²) in [5.41, 5.74) is 8.66. The summed E-state index contributed by atoms with van der Waals surface area (Å²) >= 11 is 0. The molecule has 1 aliphatic carbocycles. The molecule has 2 N–H and O–H groups in total. The lowest BCUT2D eigenvalue weighted by molar-refractivity contribution is 0.314. The van der Waals surface area contributed by atoms with Crippen LogP contribution >= 0.6 is 0 Å². The van der Waals surface area contributed by atoms with Gasteiger partial charge in [0.15, 0.2) is 0 Å². The van der Waals surface area contributed by atoms with Crippen molar-refractivity contribution in [2.45, 2.75) is 26.3 Å². The van der Waals surface area contributed by atoms with Crippen LogP contribution in [0.1, 0.15) is 25.3 Å². The van der Waals surface area contributed by atoms with Gasteiger partial charge in [0.1, 0.15) is 5.82 Å². The first-order valence-corrected chi connectivity index (χ1v) is 6.79. The highest BCUT2D eigenvalue weighted by Gasteiger charge is 2.33. The second-order valence-corrected chi connectivity index (χ2v) is 5.75. The Morgan fingerprint density at radius 1 is 1.39 bits per heavy atom. The summed E-state index contributed by atoms with van der Waals surface area (Å²) < 4.78 is 0. The first kappa shape index (κ1) is 11.7. The molecule has 1 aromatic rings. The third-order valence-corrected chi connectivity index (χ3v) is 4.33. The van der Waals surface area contributed by atoms with E-state index in [0.29, 0.717) is 5.82 Å². The summed E-state index contributed by atoms with van der Waals surface area (Å²) in [4.78, 5) is 6.70. The maximum Gasteiger partial charge on any atom is 0.127 e. The molecule has 0 radical (unpaired) electrons. The van der Waals surface area contributed by atoms with Crippen molar-refractivity contribution in [3.63, 3.8) is 0 Å². The number of nitrogens with zero attached hydrogens (tertiary/aromatic N) is 2. The normalized spacial score (nSPS) is 27.9. The maximum atomic E-state index is 5.92. The zero-order valence-corrected chi connectivity index (χ0v) is 11.0. The molecule has 0 bridgehead atoms. The first-order chi connectivity index (χ1) is 8.72. The van der Waals surface area contributed by atoms with E-state index in [-0.39, 0.29) is 0 Å². The minimum absolute atomic E-state index is 0.682. The minimum Gasteiger partial charge on any atom is -0.383 e. The average Bonchev–Trinajstić information content (AvgIpc) is 2.73. The predicted octanol–water partition coefficient (Wildman–Crippen LogP) is 2.45. The van der Waals surface area contributed by atoms with Gasteiger partial charge in [0.25, 0.3) is 0 Å². The summed E-state index contributed by atoms with van der Waals surface area (Å²) in [5, 5.41) is 0. The van der Waals surface area contributed by atoms with Crippen molar-refractivity contribution in [2.75, 3.05) is 18.8 Å². The monoisotopic (exact) mass is 243 g/mol. The Morgan fingerprint density at radius 2 is 2.22 bits per heavy atom. The maximum absolute atomic E-state index is 5.92. The average molecular weight is 243 g/mol. The molecule has 96 valence electrons. The molecule has 0 aromatic carbocycles. The van der Waals surface area contributed by atoms with Gasteiger partial charge in [0.05, 0.1) is 0 Å². The van der Waals surface area contributed by atoms with Gasteiger partial charge in [-0.3, -0.25) is 4.90 Å². The highest BCUT2D eigenvalue weighted by atomic mass is 15.2. The van der Waals surface area contributed by atoms with Gasteiger partial charge in [-0.1, -0.05) is 17.7 Å². The smallest absolute Gasteiger partial charge is 0.127 e. The van der Waals surface area contributed by atoms with Crippen LogP contribution < -0.4 is 5.73 Å². The number of allylic oxidation sites excluding steroid dienone is 2. The second-order valence-electron chi connectivity index (χ2n) is 5.75. The van der Waals surface area contributed by atoms with Crippen LogP contribution in [0.25, 0.3) is 0 Å². The molecule has 0 saturated carbocycles. The Kier molecular flexibility index (Phi) is 3.08. The Labute approximate surface area is 109 Å². The largest absolute Gasteiger partial charge is 0.383 e. The quantitative estimate of drug-likeness (QED) is 0.811. The molecular formula is C15H21N3. The van der Waals surface area contributed by atoms with Crippen molar-refractivity contribution >= 4 is 5.82 Å². The molecule has 1 saturated heterocycles. The Bertz CT molecular complexity index is 467. The van der Waals surface area contributed by atoms with E-state index in [1.807, 2.05) is 6.07 Å². The SMILES string of the molecule is CC1=CC[C@@H]2CN(Cc3cccnc3N)C[C@@H]2C1. The van der Waals surface area contributed by atoms with Gasteiger partial charge in [-0.25, -0.2) is 4.98 Å². The number of nitrogens with two attached hydrogens (primary N) is 1. The van der Waals surface area contributed by atoms with Gasteiger partial charge in [0.2, 0.25) is 0 Å². The summed E-state index contributed by atoms with van der Waals surface area (Å²) in [6.45, 7) is 5.64. The molecule has 3 rings (SSSR count). The molecule has 1 aromatic heterocycles. The molecule has 0 unspecified atom stereocenters. The lowest BCUT2D eigenvalue weighted by Crippen LogP contribution is -2.21. The van der Waals surface area contributed by atoms with Crippen LogP contribution in [0.15, 0.2) is 30.0 Å². The van der Waals surface area contributed by atoms with Crippen LogP contribution in [-0.4, -0.2) is 23.0 Å². The van der Waals surface area contributed by atoms with E-state index in [1.54, 1.807) is 11.8 Å². The van der Waals surface area contributed by atoms with Crippen molar-refractivity contribution in [2.24, 2.45) is 11.8 Å². The van der Waals surface area contributed by atoms with Crippen LogP contribution in [0.5, 0.6) is 0 Å². The number of hydrogen-bond acceptors (Lipinski definition) is 3. The molecule has 1 fully saturated rings. The van der Waals surface area contributed by atoms with Crippen molar-refractivity contribution in [1.29, 1.82) is 0 Å². The summed E-state index contributed by atoms with van der Waals surface area (Å²) in [5.74, 6) is 2.39. The molecule has 2 heterocycles. The number of pyridine rings is 1. The van der Waals surface area contributed by atoms with E-state index in [2.05, 4.69) is 29.0 Å². The van der Waals surface area contributed by atoms with E-state index >= 15 is 0 Å². The summed E-state index contributed by atoms with van der Waals surface area (Å²) in [7, 11) is 0. The lowest BCUT2D eigenvalue weighted by Gasteiger charge is -2.22. The topological polar surface area (TPSA) is 42.2 Å². The van der Waals surface area contributed by atoms with Crippen molar-refractivity contribution in [3.05, 3.63) is 35.5 Å². The fourth-order valence-electron chi connectivity index (χ4n) is 3.34. The van der Waals surface area contributed by atoms with Crippen molar-refractivity contribution in [1.82, 2.24) is 9.88 Å². The minimum atomic E-state index is 0.682. The molecule has 18 heavy (non-hydrogen) atoms. The van der Waals surface area contributed by atoms with Gasteiger partial charge < -0.3 is 5.73 Å². The van der Waals surface area contributed by atoms with Gasteiger partial charge in [-0.05, 0) is 37.7 Å². The molecular weight excluding hydrogens is 222 g/mol. The zero-order valence-electron chi connectivity index (χ0n) is 11.0. The van der Waals surface area contributed by atoms with Crippen LogP contribution in [0.4, 0.5) is 5.82 Å². The Balaban J connectivity index is 1.66. The van der Waals surface area contributed by atoms with Gasteiger partial charge >= 0.3 is 0 Å². The first-order valence-electron chi connectivity index (χ1n) is 6.79. The van der Waals surface area contributed by atoms with Crippen LogP contribution in [0.2, 0.25) is 0 Å². The third kappa shape index (κ3) is 2.27. The highest BCUT2D eigenvalue weighted by Crippen LogP contribution is 2.36. The Morgan fingerprint density at radius 3 is 3.06 bits per heavy atom. The standard InChI is InChI=1S/C15H21N3/c1-11-4-5-12-8-18(10-14(12)7-11)9-13-3-2-6-17-15(13)16/h2-4,6,12,14H,5,7-10H2,1H3,(H2,16,17)/t12-,14+/m1/s1. The zero-order chi connectivity index (χ0) is 12.5. The third-order valence-electron chi connectivity index (χ3n) is 4.33. The Hall–Kier alpha value is -1.35. The molecule has 0 spiro atoms. The van der Waals surface area contributed by atoms with Crippen LogP contribution in [-0.2, 0) is 6.54 Å². The van der Waals surface area contributed by atoms with E-state index in [1.165, 1.54) is 31.5 Å². The highest BCUT2D eigenvalue weighted by molar-refractivity contribution is 5.38. The van der Waals surface area contributed by atoms with Crippen molar-refractivity contribution < 1.29 is 0 Å². The van der Waals surface area contributed by atoms with Gasteiger partial charge in [-0.2, -0.15) is 0 Å². The van der Waals surface area contributed by atoms with Crippen LogP contribution in [0.3, 0.4) is 0 Å². The molecule has 1 aliphatic heterocycles. The number of rotatable bonds is 2. The van der Waals surface area contributed by atoms with Crippen molar-refractivity contribution in [3.8, 4) is 0 Å². The fourth-order valence-corrected chi connectivity index (χ4v) is 3.34. The van der Waals surface area contributed by atoms with E-state index in [0.717, 1.165) is 18.4 Å². The molecule has 2 atom stereocenters. The molecule has 3 nitrogen and oxygen atoms in total. The number of fused-ring (bicyclic) bond motifs is 1. The number of anilines is 1. The van der Waals surface area contributed by atoms with Gasteiger partial charge in [0, 0.05) is 31.4 Å².